The minimum Gasteiger partial charge on any atom is -0.208 e. The number of hydrogen-bond acceptors (Lipinski definition) is 3. The predicted molar refractivity (Wildman–Crippen MR) is 150 cm³/mol. The van der Waals surface area contributed by atoms with E-state index in [1.165, 1.54) is 28.3 Å². The average molecular weight is 492 g/mol. The lowest BCUT2D eigenvalue weighted by Gasteiger charge is -2.11. The number of fused-ring (bicyclic) bond motifs is 3. The van der Waals surface area contributed by atoms with Gasteiger partial charge in [0.25, 0.3) is 0 Å². The zero-order chi connectivity index (χ0) is 25.5. The highest BCUT2D eigenvalue weighted by atomic mass is 19.1. The number of rotatable bonds is 4. The molecule has 0 amide bonds. The second-order valence-corrected chi connectivity index (χ2v) is 9.47. The summed E-state index contributed by atoms with van der Waals surface area (Å²) in [5, 5.41) is 0. The molecule has 38 heavy (non-hydrogen) atoms. The maximum Gasteiger partial charge on any atom is 0.164 e. The Labute approximate surface area is 220 Å². The molecule has 0 atom stereocenters. The molecule has 3 nitrogen and oxygen atoms in total. The first-order chi connectivity index (χ1) is 18.7. The summed E-state index contributed by atoms with van der Waals surface area (Å²) in [5.41, 5.74) is 9.24. The molecule has 6 aromatic rings. The lowest BCUT2D eigenvalue weighted by atomic mass is 9.97. The number of nitrogens with zero attached hydrogens (tertiary/aromatic N) is 3. The van der Waals surface area contributed by atoms with Crippen molar-refractivity contribution in [2.75, 3.05) is 0 Å². The van der Waals surface area contributed by atoms with Crippen LogP contribution in [-0.2, 0) is 6.42 Å². The quantitative estimate of drug-likeness (QED) is 0.249. The largest absolute Gasteiger partial charge is 0.208 e. The van der Waals surface area contributed by atoms with Crippen LogP contribution < -0.4 is 0 Å². The van der Waals surface area contributed by atoms with Crippen molar-refractivity contribution in [3.8, 4) is 56.4 Å². The van der Waals surface area contributed by atoms with Gasteiger partial charge in [-0.25, -0.2) is 19.3 Å². The Bertz CT molecular complexity index is 1740. The Balaban J connectivity index is 1.34. The topological polar surface area (TPSA) is 38.7 Å². The fourth-order valence-corrected chi connectivity index (χ4v) is 5.15. The molecule has 0 saturated heterocycles. The van der Waals surface area contributed by atoms with Crippen molar-refractivity contribution in [1.29, 1.82) is 0 Å². The molecule has 1 aliphatic carbocycles. The molecule has 0 N–H and O–H groups in total. The molecule has 0 saturated carbocycles. The molecule has 5 aromatic carbocycles. The van der Waals surface area contributed by atoms with E-state index in [-0.39, 0.29) is 5.82 Å². The Morgan fingerprint density at radius 2 is 0.974 bits per heavy atom. The number of benzene rings is 5. The standard InChI is InChI=1S/C34H22FN3/c35-29-20-26(24-15-16-31-27(17-24)18-25-13-7-8-14-30(25)31)19-28(21-29)34-37-32(22-9-3-1-4-10-22)36-33(38-34)23-11-5-2-6-12-23/h1-17,19-21H,18H2. The van der Waals surface area contributed by atoms with Crippen molar-refractivity contribution < 1.29 is 4.39 Å². The molecule has 0 fully saturated rings. The molecule has 0 spiro atoms. The predicted octanol–water partition coefficient (Wildman–Crippen LogP) is 8.25. The van der Waals surface area contributed by atoms with Gasteiger partial charge in [0, 0.05) is 16.7 Å². The van der Waals surface area contributed by atoms with E-state index in [1.54, 1.807) is 6.07 Å². The third kappa shape index (κ3) is 4.06. The number of hydrogen-bond donors (Lipinski definition) is 0. The number of halogens is 1. The van der Waals surface area contributed by atoms with E-state index in [0.717, 1.165) is 28.7 Å². The van der Waals surface area contributed by atoms with Crippen LogP contribution in [-0.4, -0.2) is 15.0 Å². The fraction of sp³-hybridized carbons (Fsp3) is 0.0294. The Morgan fingerprint density at radius 3 is 1.66 bits per heavy atom. The van der Waals surface area contributed by atoms with E-state index in [9.17, 15) is 0 Å². The molecular weight excluding hydrogens is 469 g/mol. The van der Waals surface area contributed by atoms with E-state index in [4.69, 9.17) is 15.0 Å². The van der Waals surface area contributed by atoms with E-state index >= 15 is 4.39 Å². The van der Waals surface area contributed by atoms with Gasteiger partial charge in [-0.2, -0.15) is 0 Å². The first-order valence-electron chi connectivity index (χ1n) is 12.6. The van der Waals surface area contributed by atoms with Crippen LogP contribution >= 0.6 is 0 Å². The van der Waals surface area contributed by atoms with Crippen molar-refractivity contribution in [1.82, 2.24) is 15.0 Å². The molecule has 4 heteroatoms. The van der Waals surface area contributed by atoms with Gasteiger partial charge in [-0.1, -0.05) is 103 Å². The minimum atomic E-state index is -0.329. The van der Waals surface area contributed by atoms with Gasteiger partial charge in [0.15, 0.2) is 17.5 Å². The summed E-state index contributed by atoms with van der Waals surface area (Å²) < 4.78 is 15.1. The highest BCUT2D eigenvalue weighted by Crippen LogP contribution is 2.39. The van der Waals surface area contributed by atoms with Crippen LogP contribution in [0.25, 0.3) is 56.4 Å². The first kappa shape index (κ1) is 22.3. The second kappa shape index (κ2) is 9.16. The summed E-state index contributed by atoms with van der Waals surface area (Å²) in [6.45, 7) is 0. The summed E-state index contributed by atoms with van der Waals surface area (Å²) in [4.78, 5) is 14.3. The fourth-order valence-electron chi connectivity index (χ4n) is 5.15. The molecule has 1 aliphatic rings. The maximum atomic E-state index is 15.1. The van der Waals surface area contributed by atoms with Crippen LogP contribution in [0.4, 0.5) is 4.39 Å². The van der Waals surface area contributed by atoms with Crippen molar-refractivity contribution in [2.45, 2.75) is 6.42 Å². The van der Waals surface area contributed by atoms with E-state index in [1.807, 2.05) is 66.7 Å². The first-order valence-corrected chi connectivity index (χ1v) is 12.6. The highest BCUT2D eigenvalue weighted by molar-refractivity contribution is 5.81. The van der Waals surface area contributed by atoms with E-state index < -0.39 is 0 Å². The van der Waals surface area contributed by atoms with Crippen LogP contribution in [0.1, 0.15) is 11.1 Å². The molecular formula is C34H22FN3. The Kier molecular flexibility index (Phi) is 5.37. The molecule has 7 rings (SSSR count). The zero-order valence-corrected chi connectivity index (χ0v) is 20.5. The van der Waals surface area contributed by atoms with Gasteiger partial charge in [-0.3, -0.25) is 0 Å². The van der Waals surface area contributed by atoms with E-state index in [2.05, 4.69) is 42.5 Å². The Morgan fingerprint density at radius 1 is 0.421 bits per heavy atom. The van der Waals surface area contributed by atoms with Gasteiger partial charge in [0.05, 0.1) is 0 Å². The van der Waals surface area contributed by atoms with Gasteiger partial charge in [0.1, 0.15) is 5.82 Å². The lowest BCUT2D eigenvalue weighted by Crippen LogP contribution is -2.00. The molecule has 1 heterocycles. The summed E-state index contributed by atoms with van der Waals surface area (Å²) in [5.74, 6) is 1.21. The maximum absolute atomic E-state index is 15.1. The number of aromatic nitrogens is 3. The zero-order valence-electron chi connectivity index (χ0n) is 20.5. The van der Waals surface area contributed by atoms with Crippen molar-refractivity contribution in [3.05, 3.63) is 138 Å². The SMILES string of the molecule is Fc1cc(-c2ccc3c(c2)Cc2ccccc2-3)cc(-c2nc(-c3ccccc3)nc(-c3ccccc3)n2)c1. The van der Waals surface area contributed by atoms with Gasteiger partial charge >= 0.3 is 0 Å². The van der Waals surface area contributed by atoms with Crippen LogP contribution in [0.5, 0.6) is 0 Å². The van der Waals surface area contributed by atoms with Crippen LogP contribution in [0.15, 0.2) is 121 Å². The lowest BCUT2D eigenvalue weighted by molar-refractivity contribution is 0.628. The summed E-state index contributed by atoms with van der Waals surface area (Å²) >= 11 is 0. The van der Waals surface area contributed by atoms with Crippen LogP contribution in [0, 0.1) is 5.82 Å². The molecule has 0 radical (unpaired) electrons. The summed E-state index contributed by atoms with van der Waals surface area (Å²) in [7, 11) is 0. The highest BCUT2D eigenvalue weighted by Gasteiger charge is 2.19. The average Bonchev–Trinajstić information content (AvgIpc) is 3.35. The third-order valence-corrected chi connectivity index (χ3v) is 6.98. The van der Waals surface area contributed by atoms with Crippen molar-refractivity contribution >= 4 is 0 Å². The third-order valence-electron chi connectivity index (χ3n) is 6.98. The van der Waals surface area contributed by atoms with Gasteiger partial charge in [0.2, 0.25) is 0 Å². The second-order valence-electron chi connectivity index (χ2n) is 9.47. The van der Waals surface area contributed by atoms with Crippen LogP contribution in [0.3, 0.4) is 0 Å². The van der Waals surface area contributed by atoms with Crippen molar-refractivity contribution in [3.63, 3.8) is 0 Å². The van der Waals surface area contributed by atoms with Crippen molar-refractivity contribution in [2.24, 2.45) is 0 Å². The normalized spacial score (nSPS) is 11.7. The molecule has 1 aromatic heterocycles. The van der Waals surface area contributed by atoms with E-state index in [0.29, 0.717) is 23.0 Å². The smallest absolute Gasteiger partial charge is 0.164 e. The molecule has 0 unspecified atom stereocenters. The molecule has 180 valence electrons. The van der Waals surface area contributed by atoms with Gasteiger partial charge in [-0.05, 0) is 58.0 Å². The molecule has 0 aliphatic heterocycles. The van der Waals surface area contributed by atoms with Crippen LogP contribution in [0.2, 0.25) is 0 Å². The monoisotopic (exact) mass is 491 g/mol. The van der Waals surface area contributed by atoms with Gasteiger partial charge < -0.3 is 0 Å². The summed E-state index contributed by atoms with van der Waals surface area (Å²) in [6, 6.07) is 39.5. The van der Waals surface area contributed by atoms with Gasteiger partial charge in [-0.15, -0.1) is 0 Å². The molecule has 0 bridgehead atoms. The Hall–Kier alpha value is -4.96. The minimum absolute atomic E-state index is 0.329. The summed E-state index contributed by atoms with van der Waals surface area (Å²) in [6.07, 6.45) is 0.885.